The molecule has 3 aromatic carbocycles. The third-order valence-electron chi connectivity index (χ3n) is 3.71. The van der Waals surface area contributed by atoms with E-state index in [1.54, 1.807) is 12.1 Å². The zero-order valence-electron chi connectivity index (χ0n) is 13.8. The lowest BCUT2D eigenvalue weighted by Gasteiger charge is -2.07. The maximum atomic E-state index is 12.1. The van der Waals surface area contributed by atoms with Gasteiger partial charge in [0.05, 0.1) is 10.7 Å². The molecule has 0 saturated carbocycles. The zero-order chi connectivity index (χ0) is 18.4. The van der Waals surface area contributed by atoms with Crippen molar-refractivity contribution in [3.8, 4) is 11.1 Å². The number of hydrogen-bond acceptors (Lipinski definition) is 4. The van der Waals surface area contributed by atoms with Gasteiger partial charge in [-0.05, 0) is 29.3 Å². The summed E-state index contributed by atoms with van der Waals surface area (Å²) in [7, 11) is 0. The van der Waals surface area contributed by atoms with E-state index in [1.807, 2.05) is 54.6 Å². The quantitative estimate of drug-likeness (QED) is 0.380. The Kier molecular flexibility index (Phi) is 5.66. The molecule has 0 saturated heterocycles. The van der Waals surface area contributed by atoms with Crippen molar-refractivity contribution in [3.63, 3.8) is 0 Å². The van der Waals surface area contributed by atoms with E-state index in [4.69, 9.17) is 0 Å². The number of nitrogens with one attached hydrogen (secondary N) is 1. The summed E-state index contributed by atoms with van der Waals surface area (Å²) in [4.78, 5) is 23.5. The van der Waals surface area contributed by atoms with Gasteiger partial charge in [-0.3, -0.25) is 14.9 Å². The van der Waals surface area contributed by atoms with E-state index in [0.717, 1.165) is 16.0 Å². The predicted octanol–water partition coefficient (Wildman–Crippen LogP) is 4.99. The van der Waals surface area contributed by atoms with Crippen molar-refractivity contribution in [3.05, 3.63) is 89.0 Å². The number of hydrogen-bond donors (Lipinski definition) is 1. The van der Waals surface area contributed by atoms with Crippen molar-refractivity contribution in [2.45, 2.75) is 4.90 Å². The Hall–Kier alpha value is -3.12. The van der Waals surface area contributed by atoms with Crippen LogP contribution in [0.3, 0.4) is 0 Å². The number of para-hydroxylation sites is 2. The van der Waals surface area contributed by atoms with Crippen LogP contribution >= 0.6 is 11.8 Å². The molecule has 6 heteroatoms. The molecular weight excluding hydrogens is 348 g/mol. The van der Waals surface area contributed by atoms with Crippen LogP contribution in [0.15, 0.2) is 83.8 Å². The fraction of sp³-hybridized carbons (Fsp3) is 0.0500. The lowest BCUT2D eigenvalue weighted by atomic mass is 10.1. The molecule has 0 spiro atoms. The number of anilines is 1. The lowest BCUT2D eigenvalue weighted by molar-refractivity contribution is -0.383. The van der Waals surface area contributed by atoms with Crippen LogP contribution in [0, 0.1) is 10.1 Å². The minimum Gasteiger partial charge on any atom is -0.320 e. The summed E-state index contributed by atoms with van der Waals surface area (Å²) in [6.07, 6.45) is 0. The fourth-order valence-corrected chi connectivity index (χ4v) is 3.15. The summed E-state index contributed by atoms with van der Waals surface area (Å²) < 4.78 is 0. The zero-order valence-corrected chi connectivity index (χ0v) is 14.6. The van der Waals surface area contributed by atoms with Crippen molar-refractivity contribution in [2.24, 2.45) is 0 Å². The molecule has 0 bridgehead atoms. The SMILES string of the molecule is O=C(CSc1ccc(-c2ccccc2)cc1)Nc1ccccc1[N+](=O)[O-]. The van der Waals surface area contributed by atoms with Gasteiger partial charge in [-0.1, -0.05) is 54.6 Å². The minimum atomic E-state index is -0.509. The van der Waals surface area contributed by atoms with Gasteiger partial charge in [-0.25, -0.2) is 0 Å². The van der Waals surface area contributed by atoms with Crippen molar-refractivity contribution in [2.75, 3.05) is 11.1 Å². The van der Waals surface area contributed by atoms with Gasteiger partial charge >= 0.3 is 0 Å². The number of benzene rings is 3. The molecule has 0 aliphatic heterocycles. The Labute approximate surface area is 155 Å². The largest absolute Gasteiger partial charge is 0.320 e. The monoisotopic (exact) mass is 364 g/mol. The molecule has 0 atom stereocenters. The van der Waals surface area contributed by atoms with Crippen LogP contribution in [0.1, 0.15) is 0 Å². The average molecular weight is 364 g/mol. The van der Waals surface area contributed by atoms with Crippen LogP contribution in [0.4, 0.5) is 11.4 Å². The van der Waals surface area contributed by atoms with E-state index in [1.165, 1.54) is 23.9 Å². The topological polar surface area (TPSA) is 72.2 Å². The Balaban J connectivity index is 1.59. The molecule has 0 aromatic heterocycles. The molecule has 0 radical (unpaired) electrons. The molecule has 0 unspecified atom stereocenters. The van der Waals surface area contributed by atoms with Gasteiger partial charge in [-0.2, -0.15) is 0 Å². The minimum absolute atomic E-state index is 0.113. The number of rotatable bonds is 6. The van der Waals surface area contributed by atoms with E-state index < -0.39 is 4.92 Å². The van der Waals surface area contributed by atoms with Gasteiger partial charge in [0, 0.05) is 11.0 Å². The van der Waals surface area contributed by atoms with E-state index in [-0.39, 0.29) is 23.0 Å². The van der Waals surface area contributed by atoms with Gasteiger partial charge in [0.25, 0.3) is 5.69 Å². The van der Waals surface area contributed by atoms with E-state index >= 15 is 0 Å². The van der Waals surface area contributed by atoms with Gasteiger partial charge in [-0.15, -0.1) is 11.8 Å². The normalized spacial score (nSPS) is 10.3. The highest BCUT2D eigenvalue weighted by Crippen LogP contribution is 2.26. The highest BCUT2D eigenvalue weighted by molar-refractivity contribution is 8.00. The molecule has 5 nitrogen and oxygen atoms in total. The first-order valence-corrected chi connectivity index (χ1v) is 8.93. The molecule has 3 aromatic rings. The lowest BCUT2D eigenvalue weighted by Crippen LogP contribution is -2.15. The Bertz CT molecular complexity index is 912. The van der Waals surface area contributed by atoms with Crippen molar-refractivity contribution < 1.29 is 9.72 Å². The third-order valence-corrected chi connectivity index (χ3v) is 4.72. The maximum absolute atomic E-state index is 12.1. The first-order chi connectivity index (χ1) is 12.6. The Morgan fingerprint density at radius 3 is 2.19 bits per heavy atom. The molecule has 0 aliphatic rings. The predicted molar refractivity (Wildman–Crippen MR) is 104 cm³/mol. The number of carbonyl (C=O) groups is 1. The summed E-state index contributed by atoms with van der Waals surface area (Å²) in [5.41, 5.74) is 2.35. The highest BCUT2D eigenvalue weighted by Gasteiger charge is 2.14. The van der Waals surface area contributed by atoms with Crippen LogP contribution in [0.25, 0.3) is 11.1 Å². The van der Waals surface area contributed by atoms with E-state index in [2.05, 4.69) is 5.32 Å². The first kappa shape index (κ1) is 17.7. The highest BCUT2D eigenvalue weighted by atomic mass is 32.2. The first-order valence-electron chi connectivity index (χ1n) is 7.95. The van der Waals surface area contributed by atoms with Crippen LogP contribution in [-0.2, 0) is 4.79 Å². The van der Waals surface area contributed by atoms with Crippen LogP contribution in [0.2, 0.25) is 0 Å². The fourth-order valence-electron chi connectivity index (χ4n) is 2.45. The van der Waals surface area contributed by atoms with E-state index in [9.17, 15) is 14.9 Å². The van der Waals surface area contributed by atoms with Gasteiger partial charge < -0.3 is 5.32 Å². The second-order valence-electron chi connectivity index (χ2n) is 5.50. The smallest absolute Gasteiger partial charge is 0.292 e. The van der Waals surface area contributed by atoms with Crippen LogP contribution < -0.4 is 5.32 Å². The van der Waals surface area contributed by atoms with Crippen molar-refractivity contribution in [1.29, 1.82) is 0 Å². The molecule has 0 aliphatic carbocycles. The van der Waals surface area contributed by atoms with Crippen molar-refractivity contribution in [1.82, 2.24) is 0 Å². The second-order valence-corrected chi connectivity index (χ2v) is 6.55. The summed E-state index contributed by atoms with van der Waals surface area (Å²) in [6.45, 7) is 0. The summed E-state index contributed by atoms with van der Waals surface area (Å²) in [5, 5.41) is 13.6. The summed E-state index contributed by atoms with van der Waals surface area (Å²) in [5.74, 6) is -0.104. The molecule has 1 amide bonds. The number of amides is 1. The average Bonchev–Trinajstić information content (AvgIpc) is 2.68. The Morgan fingerprint density at radius 2 is 1.50 bits per heavy atom. The maximum Gasteiger partial charge on any atom is 0.292 e. The second kappa shape index (κ2) is 8.31. The Morgan fingerprint density at radius 1 is 0.885 bits per heavy atom. The van der Waals surface area contributed by atoms with E-state index in [0.29, 0.717) is 0 Å². The van der Waals surface area contributed by atoms with Crippen LogP contribution in [-0.4, -0.2) is 16.6 Å². The molecule has 3 rings (SSSR count). The van der Waals surface area contributed by atoms with Crippen LogP contribution in [0.5, 0.6) is 0 Å². The molecule has 0 fully saturated rings. The number of nitro benzene ring substituents is 1. The van der Waals surface area contributed by atoms with Gasteiger partial charge in [0.15, 0.2) is 0 Å². The van der Waals surface area contributed by atoms with Gasteiger partial charge in [0.2, 0.25) is 5.91 Å². The molecule has 1 N–H and O–H groups in total. The summed E-state index contributed by atoms with van der Waals surface area (Å²) >= 11 is 1.38. The van der Waals surface area contributed by atoms with Gasteiger partial charge in [0.1, 0.15) is 5.69 Å². The number of carbonyl (C=O) groups excluding carboxylic acids is 1. The number of nitro groups is 1. The number of thioether (sulfide) groups is 1. The molecule has 130 valence electrons. The van der Waals surface area contributed by atoms with Crippen molar-refractivity contribution >= 4 is 29.0 Å². The molecule has 26 heavy (non-hydrogen) atoms. The molecule has 0 heterocycles. The number of nitrogens with zero attached hydrogens (tertiary/aromatic N) is 1. The third kappa shape index (κ3) is 4.49. The summed E-state index contributed by atoms with van der Waals surface area (Å²) in [6, 6.07) is 24.1. The standard InChI is InChI=1S/C20H16N2O3S/c23-20(21-18-8-4-5-9-19(18)22(24)25)14-26-17-12-10-16(11-13-17)15-6-2-1-3-7-15/h1-13H,14H2,(H,21,23). The molecular formula is C20H16N2O3S.